The molecule has 1 saturated heterocycles. The summed E-state index contributed by atoms with van der Waals surface area (Å²) in [5.74, 6) is -1.67. The Labute approximate surface area is 130 Å². The zero-order valence-electron chi connectivity index (χ0n) is 11.9. The Morgan fingerprint density at radius 1 is 1.35 bits per heavy atom. The molecule has 8 heteroatoms. The number of hydrogen-bond acceptors (Lipinski definition) is 4. The number of amides is 1. The number of anilines is 1. The summed E-state index contributed by atoms with van der Waals surface area (Å²) in [5, 5.41) is 21.3. The number of aliphatic hydroxyl groups is 1. The Kier molecular flexibility index (Phi) is 4.91. The van der Waals surface area contributed by atoms with Crippen LogP contribution in [0.3, 0.4) is 0 Å². The summed E-state index contributed by atoms with van der Waals surface area (Å²) in [7, 11) is 0. The number of nitrogens with one attached hydrogen (secondary N) is 1. The van der Waals surface area contributed by atoms with Crippen LogP contribution in [-0.4, -0.2) is 24.2 Å². The average Bonchev–Trinajstić information content (AvgIpc) is 3.01. The van der Waals surface area contributed by atoms with Crippen LogP contribution in [0.2, 0.25) is 0 Å². The molecule has 5 nitrogen and oxygen atoms in total. The number of hydrogen-bond donors (Lipinski definition) is 2. The van der Waals surface area contributed by atoms with Crippen molar-refractivity contribution >= 4 is 11.6 Å². The van der Waals surface area contributed by atoms with E-state index in [1.807, 2.05) is 0 Å². The molecule has 1 aromatic rings. The molecule has 0 saturated carbocycles. The van der Waals surface area contributed by atoms with Crippen molar-refractivity contribution < 1.29 is 27.8 Å². The molecule has 1 fully saturated rings. The number of carbonyl (C=O) groups excluding carboxylic acids is 1. The van der Waals surface area contributed by atoms with E-state index in [1.165, 1.54) is 0 Å². The summed E-state index contributed by atoms with van der Waals surface area (Å²) in [5.41, 5.74) is -1.23. The van der Waals surface area contributed by atoms with Crippen LogP contribution < -0.4 is 5.32 Å². The molecule has 2 N–H and O–H groups in total. The van der Waals surface area contributed by atoms with Gasteiger partial charge in [-0.1, -0.05) is 0 Å². The number of alkyl halides is 3. The normalized spacial score (nSPS) is 19.0. The maximum absolute atomic E-state index is 12.5. The van der Waals surface area contributed by atoms with Crippen molar-refractivity contribution in [2.24, 2.45) is 5.92 Å². The average molecular weight is 326 g/mol. The predicted octanol–water partition coefficient (Wildman–Crippen LogP) is 3.02. The van der Waals surface area contributed by atoms with Gasteiger partial charge in [-0.05, 0) is 30.7 Å². The van der Waals surface area contributed by atoms with E-state index < -0.39 is 29.1 Å². The first-order valence-electron chi connectivity index (χ1n) is 6.72. The van der Waals surface area contributed by atoms with Gasteiger partial charge in [0.2, 0.25) is 0 Å². The molecule has 1 aliphatic heterocycles. The Morgan fingerprint density at radius 2 is 2.00 bits per heavy atom. The largest absolute Gasteiger partial charge is 0.510 e. The van der Waals surface area contributed by atoms with Crippen LogP contribution in [0, 0.1) is 17.2 Å². The lowest BCUT2D eigenvalue weighted by Crippen LogP contribution is -2.18. The van der Waals surface area contributed by atoms with E-state index in [0.717, 1.165) is 24.3 Å². The standard InChI is InChI=1S/C15H13F3N2O3/c16-15(17,18)10-1-3-11(4-2-10)20-14(22)12(7-19)13(21)9-5-6-23-8-9/h1-4,9,21H,5-6,8H2,(H,20,22)/b13-12-. The van der Waals surface area contributed by atoms with E-state index in [4.69, 9.17) is 10.00 Å². The number of halogens is 3. The van der Waals surface area contributed by atoms with Crippen LogP contribution in [-0.2, 0) is 15.7 Å². The Morgan fingerprint density at radius 3 is 2.48 bits per heavy atom. The molecular weight excluding hydrogens is 313 g/mol. The third-order valence-electron chi connectivity index (χ3n) is 3.38. The molecular formula is C15H13F3N2O3. The molecule has 0 aliphatic carbocycles. The molecule has 1 aliphatic rings. The highest BCUT2D eigenvalue weighted by Gasteiger charge is 2.30. The quantitative estimate of drug-likeness (QED) is 0.508. The number of nitriles is 1. The number of aliphatic hydroxyl groups excluding tert-OH is 1. The van der Waals surface area contributed by atoms with Gasteiger partial charge in [-0.3, -0.25) is 4.79 Å². The lowest BCUT2D eigenvalue weighted by molar-refractivity contribution is -0.137. The number of nitrogens with zero attached hydrogens (tertiary/aromatic N) is 1. The Bertz CT molecular complexity index is 654. The molecule has 122 valence electrons. The molecule has 0 radical (unpaired) electrons. The number of carbonyl (C=O) groups is 1. The minimum absolute atomic E-state index is 0.0891. The SMILES string of the molecule is N#C/C(C(=O)Nc1ccc(C(F)(F)F)cc1)=C(/O)C1CCOC1. The fourth-order valence-corrected chi connectivity index (χ4v) is 2.11. The number of benzene rings is 1. The van der Waals surface area contributed by atoms with E-state index in [1.54, 1.807) is 6.07 Å². The van der Waals surface area contributed by atoms with Crippen molar-refractivity contribution in [3.05, 3.63) is 41.2 Å². The highest BCUT2D eigenvalue weighted by atomic mass is 19.4. The first-order chi connectivity index (χ1) is 10.8. The maximum atomic E-state index is 12.5. The van der Waals surface area contributed by atoms with E-state index >= 15 is 0 Å². The van der Waals surface area contributed by atoms with Gasteiger partial charge in [0.15, 0.2) is 5.57 Å². The topological polar surface area (TPSA) is 82.4 Å². The van der Waals surface area contributed by atoms with Gasteiger partial charge in [-0.15, -0.1) is 0 Å². The smallest absolute Gasteiger partial charge is 0.416 e. The summed E-state index contributed by atoms with van der Waals surface area (Å²) >= 11 is 0. The first-order valence-corrected chi connectivity index (χ1v) is 6.72. The van der Waals surface area contributed by atoms with Crippen LogP contribution in [0.25, 0.3) is 0 Å². The summed E-state index contributed by atoms with van der Waals surface area (Å²) in [6.45, 7) is 0.637. The van der Waals surface area contributed by atoms with Crippen LogP contribution in [0.1, 0.15) is 12.0 Å². The third-order valence-corrected chi connectivity index (χ3v) is 3.38. The lowest BCUT2D eigenvalue weighted by atomic mass is 10.0. The molecule has 1 atom stereocenters. The molecule has 0 spiro atoms. The zero-order chi connectivity index (χ0) is 17.0. The summed E-state index contributed by atoms with van der Waals surface area (Å²) in [6, 6.07) is 5.40. The predicted molar refractivity (Wildman–Crippen MR) is 74.3 cm³/mol. The first kappa shape index (κ1) is 16.8. The molecule has 0 bridgehead atoms. The lowest BCUT2D eigenvalue weighted by Gasteiger charge is -2.11. The van der Waals surface area contributed by atoms with E-state index in [0.29, 0.717) is 13.0 Å². The van der Waals surface area contributed by atoms with Gasteiger partial charge in [-0.2, -0.15) is 18.4 Å². The van der Waals surface area contributed by atoms with Crippen molar-refractivity contribution in [1.82, 2.24) is 0 Å². The van der Waals surface area contributed by atoms with Crippen LogP contribution in [0.4, 0.5) is 18.9 Å². The second-order valence-corrected chi connectivity index (χ2v) is 4.96. The summed E-state index contributed by atoms with van der Waals surface area (Å²) in [4.78, 5) is 12.0. The van der Waals surface area contributed by atoms with Crippen molar-refractivity contribution in [3.8, 4) is 6.07 Å². The van der Waals surface area contributed by atoms with Gasteiger partial charge in [0.1, 0.15) is 11.8 Å². The van der Waals surface area contributed by atoms with Gasteiger partial charge in [0.25, 0.3) is 5.91 Å². The van der Waals surface area contributed by atoms with Gasteiger partial charge in [-0.25, -0.2) is 0 Å². The number of ether oxygens (including phenoxy) is 1. The fraction of sp³-hybridized carbons (Fsp3) is 0.333. The molecule has 1 unspecified atom stereocenters. The highest BCUT2D eigenvalue weighted by Crippen LogP contribution is 2.30. The molecule has 23 heavy (non-hydrogen) atoms. The highest BCUT2D eigenvalue weighted by molar-refractivity contribution is 6.06. The minimum atomic E-state index is -4.47. The molecule has 2 rings (SSSR count). The van der Waals surface area contributed by atoms with E-state index in [-0.39, 0.29) is 18.1 Å². The Hall–Kier alpha value is -2.53. The molecule has 0 aromatic heterocycles. The molecule has 1 heterocycles. The van der Waals surface area contributed by atoms with E-state index in [2.05, 4.69) is 5.32 Å². The van der Waals surface area contributed by atoms with E-state index in [9.17, 15) is 23.1 Å². The zero-order valence-corrected chi connectivity index (χ0v) is 11.9. The van der Waals surface area contributed by atoms with Crippen LogP contribution >= 0.6 is 0 Å². The second-order valence-electron chi connectivity index (χ2n) is 4.96. The van der Waals surface area contributed by atoms with Gasteiger partial charge < -0.3 is 15.2 Å². The maximum Gasteiger partial charge on any atom is 0.416 e. The van der Waals surface area contributed by atoms with Gasteiger partial charge in [0.05, 0.1) is 12.2 Å². The van der Waals surface area contributed by atoms with Crippen molar-refractivity contribution in [3.63, 3.8) is 0 Å². The second kappa shape index (κ2) is 6.71. The number of rotatable bonds is 3. The van der Waals surface area contributed by atoms with Crippen LogP contribution in [0.5, 0.6) is 0 Å². The third kappa shape index (κ3) is 4.02. The van der Waals surface area contributed by atoms with Crippen molar-refractivity contribution in [1.29, 1.82) is 5.26 Å². The Balaban J connectivity index is 2.14. The van der Waals surface area contributed by atoms with Gasteiger partial charge >= 0.3 is 6.18 Å². The fourth-order valence-electron chi connectivity index (χ4n) is 2.11. The molecule has 1 amide bonds. The molecule has 1 aromatic carbocycles. The van der Waals surface area contributed by atoms with Gasteiger partial charge in [0, 0.05) is 18.2 Å². The minimum Gasteiger partial charge on any atom is -0.510 e. The summed E-state index contributed by atoms with van der Waals surface area (Å²) < 4.78 is 42.5. The summed E-state index contributed by atoms with van der Waals surface area (Å²) in [6.07, 6.45) is -3.98. The van der Waals surface area contributed by atoms with Crippen molar-refractivity contribution in [2.75, 3.05) is 18.5 Å². The van der Waals surface area contributed by atoms with Crippen LogP contribution in [0.15, 0.2) is 35.6 Å². The van der Waals surface area contributed by atoms with Crippen molar-refractivity contribution in [2.45, 2.75) is 12.6 Å². The monoisotopic (exact) mass is 326 g/mol.